The van der Waals surface area contributed by atoms with Crippen LogP contribution >= 0.6 is 22.9 Å². The summed E-state index contributed by atoms with van der Waals surface area (Å²) in [6, 6.07) is 5.80. The highest BCUT2D eigenvalue weighted by molar-refractivity contribution is 7.10. The van der Waals surface area contributed by atoms with Gasteiger partial charge in [-0.25, -0.2) is 4.98 Å². The molecule has 1 N–H and O–H groups in total. The lowest BCUT2D eigenvalue weighted by atomic mass is 9.72. The van der Waals surface area contributed by atoms with Crippen molar-refractivity contribution in [1.29, 1.82) is 0 Å². The van der Waals surface area contributed by atoms with Crippen molar-refractivity contribution < 1.29 is 14.6 Å². The Morgan fingerprint density at radius 3 is 2.85 bits per heavy atom. The summed E-state index contributed by atoms with van der Waals surface area (Å²) in [5, 5.41) is 14.0. The molecule has 34 heavy (non-hydrogen) atoms. The highest BCUT2D eigenvalue weighted by Gasteiger charge is 2.36. The van der Waals surface area contributed by atoms with Gasteiger partial charge in [0.15, 0.2) is 5.01 Å². The zero-order chi connectivity index (χ0) is 24.0. The van der Waals surface area contributed by atoms with E-state index in [0.29, 0.717) is 11.6 Å². The van der Waals surface area contributed by atoms with E-state index in [1.807, 2.05) is 23.6 Å². The van der Waals surface area contributed by atoms with E-state index in [4.69, 9.17) is 16.3 Å². The molecular weight excluding hydrogens is 470 g/mol. The van der Waals surface area contributed by atoms with Crippen LogP contribution in [0.4, 0.5) is 0 Å². The number of nitrogens with zero attached hydrogens (tertiary/aromatic N) is 3. The third-order valence-electron chi connectivity index (χ3n) is 6.64. The molecule has 8 heteroatoms. The van der Waals surface area contributed by atoms with Gasteiger partial charge in [-0.15, -0.1) is 11.3 Å². The number of hydrogen-bond acceptors (Lipinski definition) is 6. The topological polar surface area (TPSA) is 75.6 Å². The second-order valence-electron chi connectivity index (χ2n) is 8.81. The fourth-order valence-corrected chi connectivity index (χ4v) is 5.51. The molecule has 1 fully saturated rings. The molecule has 0 radical (unpaired) electrons. The summed E-state index contributed by atoms with van der Waals surface area (Å²) >= 11 is 8.06. The number of rotatable bonds is 8. The quantitative estimate of drug-likeness (QED) is 0.426. The maximum atomic E-state index is 11.7. The SMILES string of the molecule is COc1ccc2ncc(Cl)c(CCCC3(CC(=O)O)CCN(CC#Cc4nccs4)CC3)c2c1. The predicted molar refractivity (Wildman–Crippen MR) is 136 cm³/mol. The molecule has 1 aliphatic rings. The van der Waals surface area contributed by atoms with Crippen LogP contribution in [-0.4, -0.2) is 52.7 Å². The number of aryl methyl sites for hydroxylation is 1. The number of hydrogen-bond donors (Lipinski definition) is 1. The van der Waals surface area contributed by atoms with Crippen LogP contribution in [0.2, 0.25) is 5.02 Å². The number of thiazole rings is 1. The molecule has 1 aliphatic heterocycles. The standard InChI is InChI=1S/C26H28ClN3O3S/c1-33-19-6-7-23-21(16-19)20(22(27)18-29-23)4-2-8-26(17-25(31)32)9-13-30(14-10-26)12-3-5-24-28-11-15-34-24/h6-7,11,15-16,18H,2,4,8-10,12-14,17H2,1H3,(H,31,32). The molecule has 0 amide bonds. The Hall–Kier alpha value is -2.66. The number of fused-ring (bicyclic) bond motifs is 1. The third-order valence-corrected chi connectivity index (χ3v) is 7.66. The zero-order valence-corrected chi connectivity index (χ0v) is 20.8. The first-order valence-corrected chi connectivity index (χ1v) is 12.7. The predicted octanol–water partition coefficient (Wildman–Crippen LogP) is 5.28. The average molecular weight is 498 g/mol. The summed E-state index contributed by atoms with van der Waals surface area (Å²) in [7, 11) is 1.64. The fraction of sp³-hybridized carbons (Fsp3) is 0.423. The fourth-order valence-electron chi connectivity index (χ4n) is 4.76. The van der Waals surface area contributed by atoms with E-state index in [2.05, 4.69) is 26.7 Å². The lowest BCUT2D eigenvalue weighted by Gasteiger charge is -2.40. The number of likely N-dealkylation sites (tertiary alicyclic amines) is 1. The van der Waals surface area contributed by atoms with Gasteiger partial charge in [0, 0.05) is 23.2 Å². The molecular formula is C26H28ClN3O3S. The molecule has 1 saturated heterocycles. The van der Waals surface area contributed by atoms with Crippen molar-refractivity contribution in [2.75, 3.05) is 26.7 Å². The lowest BCUT2D eigenvalue weighted by molar-refractivity contribution is -0.140. The van der Waals surface area contributed by atoms with E-state index in [-0.39, 0.29) is 11.8 Å². The molecule has 2 aromatic heterocycles. The number of carboxylic acids is 1. The number of aliphatic carboxylic acids is 1. The first-order valence-electron chi connectivity index (χ1n) is 11.4. The number of piperidine rings is 1. The zero-order valence-electron chi connectivity index (χ0n) is 19.2. The molecule has 0 unspecified atom stereocenters. The first kappa shape index (κ1) is 24.5. The van der Waals surface area contributed by atoms with E-state index in [9.17, 15) is 9.90 Å². The first-order chi connectivity index (χ1) is 16.5. The normalized spacial score (nSPS) is 15.6. The average Bonchev–Trinajstić information content (AvgIpc) is 3.35. The van der Waals surface area contributed by atoms with Gasteiger partial charge >= 0.3 is 5.97 Å². The maximum Gasteiger partial charge on any atom is 0.303 e. The molecule has 0 bridgehead atoms. The number of ether oxygens (including phenoxy) is 1. The van der Waals surface area contributed by atoms with Gasteiger partial charge in [-0.05, 0) is 80.3 Å². The Balaban J connectivity index is 1.40. The molecule has 6 nitrogen and oxygen atoms in total. The van der Waals surface area contributed by atoms with Crippen molar-refractivity contribution in [3.63, 3.8) is 0 Å². The Bertz CT molecular complexity index is 1200. The van der Waals surface area contributed by atoms with E-state index in [1.54, 1.807) is 19.5 Å². The van der Waals surface area contributed by atoms with Gasteiger partial charge in [-0.2, -0.15) is 0 Å². The minimum absolute atomic E-state index is 0.196. The molecule has 1 aromatic carbocycles. The van der Waals surface area contributed by atoms with E-state index >= 15 is 0 Å². The van der Waals surface area contributed by atoms with Crippen molar-refractivity contribution in [3.8, 4) is 17.6 Å². The van der Waals surface area contributed by atoms with Crippen molar-refractivity contribution in [3.05, 3.63) is 51.6 Å². The minimum Gasteiger partial charge on any atom is -0.497 e. The number of methoxy groups -OCH3 is 1. The Morgan fingerprint density at radius 2 is 2.15 bits per heavy atom. The van der Waals surface area contributed by atoms with Crippen LogP contribution in [0.25, 0.3) is 10.9 Å². The third kappa shape index (κ3) is 6.06. The summed E-state index contributed by atoms with van der Waals surface area (Å²) in [6.45, 7) is 2.40. The highest BCUT2D eigenvalue weighted by atomic mass is 35.5. The molecule has 0 aliphatic carbocycles. The van der Waals surface area contributed by atoms with Crippen molar-refractivity contribution in [2.24, 2.45) is 5.41 Å². The van der Waals surface area contributed by atoms with E-state index in [1.165, 1.54) is 11.3 Å². The highest BCUT2D eigenvalue weighted by Crippen LogP contribution is 2.40. The van der Waals surface area contributed by atoms with Crippen molar-refractivity contribution in [2.45, 2.75) is 38.5 Å². The van der Waals surface area contributed by atoms with Crippen LogP contribution in [0.3, 0.4) is 0 Å². The van der Waals surface area contributed by atoms with Gasteiger partial charge in [0.05, 0.1) is 30.6 Å². The monoisotopic (exact) mass is 497 g/mol. The van der Waals surface area contributed by atoms with Crippen LogP contribution in [0.5, 0.6) is 5.75 Å². The number of carbonyl (C=O) groups is 1. The minimum atomic E-state index is -0.728. The van der Waals surface area contributed by atoms with Crippen molar-refractivity contribution in [1.82, 2.24) is 14.9 Å². The smallest absolute Gasteiger partial charge is 0.303 e. The number of halogens is 1. The Labute approximate surface area is 208 Å². The lowest BCUT2D eigenvalue weighted by Crippen LogP contribution is -2.41. The molecule has 3 aromatic rings. The van der Waals surface area contributed by atoms with Crippen LogP contribution < -0.4 is 4.74 Å². The van der Waals surface area contributed by atoms with Gasteiger partial charge in [-0.3, -0.25) is 14.7 Å². The van der Waals surface area contributed by atoms with Gasteiger partial charge in [0.2, 0.25) is 0 Å². The number of benzene rings is 1. The van der Waals surface area contributed by atoms with Gasteiger partial charge in [0.25, 0.3) is 0 Å². The summed E-state index contributed by atoms with van der Waals surface area (Å²) in [6.07, 6.45) is 7.86. The van der Waals surface area contributed by atoms with Gasteiger partial charge in [0.1, 0.15) is 5.75 Å². The molecule has 178 valence electrons. The maximum absolute atomic E-state index is 11.7. The van der Waals surface area contributed by atoms with Crippen LogP contribution in [0.15, 0.2) is 36.0 Å². The van der Waals surface area contributed by atoms with Crippen LogP contribution in [0.1, 0.15) is 42.7 Å². The summed E-state index contributed by atoms with van der Waals surface area (Å²) in [5.41, 5.74) is 1.73. The summed E-state index contributed by atoms with van der Waals surface area (Å²) in [4.78, 5) is 22.6. The molecule has 0 atom stereocenters. The number of carboxylic acid groups (broad SMARTS) is 1. The van der Waals surface area contributed by atoms with Crippen LogP contribution in [0, 0.1) is 17.3 Å². The Morgan fingerprint density at radius 1 is 1.32 bits per heavy atom. The van der Waals surface area contributed by atoms with E-state index < -0.39 is 5.97 Å². The molecule has 0 saturated carbocycles. The second kappa shape index (κ2) is 11.2. The summed E-state index contributed by atoms with van der Waals surface area (Å²) in [5.74, 6) is 6.34. The largest absolute Gasteiger partial charge is 0.497 e. The molecule has 4 rings (SSSR count). The van der Waals surface area contributed by atoms with Crippen LogP contribution in [-0.2, 0) is 11.2 Å². The Kier molecular flexibility index (Phi) is 8.04. The van der Waals surface area contributed by atoms with Crippen molar-refractivity contribution >= 4 is 39.8 Å². The second-order valence-corrected chi connectivity index (χ2v) is 10.1. The van der Waals surface area contributed by atoms with Gasteiger partial charge < -0.3 is 9.84 Å². The number of pyridine rings is 1. The number of aromatic nitrogens is 2. The van der Waals surface area contributed by atoms with E-state index in [0.717, 1.165) is 72.4 Å². The van der Waals surface area contributed by atoms with Gasteiger partial charge in [-0.1, -0.05) is 17.5 Å². The molecule has 3 heterocycles. The summed E-state index contributed by atoms with van der Waals surface area (Å²) < 4.78 is 5.38. The molecule has 0 spiro atoms.